The number of nitrogens with zero attached hydrogens (tertiary/aromatic N) is 1. The third kappa shape index (κ3) is 9.31. The molecule has 4 aliphatic rings. The summed E-state index contributed by atoms with van der Waals surface area (Å²) in [6.45, 7) is 9.82. The molecule has 9 heteroatoms. The van der Waals surface area contributed by atoms with E-state index in [1.807, 2.05) is 30.3 Å². The molecule has 3 saturated heterocycles. The molecule has 3 atom stereocenters. The standard InChI is InChI=1S/C42H57N3O6/c1-41(2,44-27-39(48)33-15-18-38(47)37(25-33)43-30-46)26-31-13-16-36(17-14-31)50-24-23-45-21-19-32(20-22-45)40(28-45)51-29-42(49,34-9-5-3-6-10-34)35-11-7-4-8-12-35/h3,5-6,9-10,13-18,25,30,32,35,39-40,44,48-49H,4,7-8,11-12,19-24,26-29H2,1-2H3,(H-,43,46,47)/p+1/t32?,39-,40-,42+,45?/m0/s1. The molecule has 3 aromatic rings. The quantitative estimate of drug-likeness (QED) is 0.0658. The molecule has 276 valence electrons. The van der Waals surface area contributed by atoms with Gasteiger partial charge in [0.1, 0.15) is 42.9 Å². The van der Waals surface area contributed by atoms with E-state index < -0.39 is 11.7 Å². The molecule has 3 heterocycles. The summed E-state index contributed by atoms with van der Waals surface area (Å²) >= 11 is 0. The Bertz CT molecular complexity index is 1550. The van der Waals surface area contributed by atoms with E-state index in [1.165, 1.54) is 56.8 Å². The molecular formula is C42H58N3O6+. The number of carbonyl (C=O) groups is 1. The summed E-state index contributed by atoms with van der Waals surface area (Å²) in [7, 11) is 0. The molecule has 7 rings (SSSR count). The van der Waals surface area contributed by atoms with E-state index in [-0.39, 0.29) is 29.0 Å². The highest BCUT2D eigenvalue weighted by Gasteiger charge is 2.48. The van der Waals surface area contributed by atoms with Gasteiger partial charge in [-0.05, 0) is 80.0 Å². The number of rotatable bonds is 17. The van der Waals surface area contributed by atoms with Crippen LogP contribution in [0.2, 0.25) is 0 Å². The first-order valence-electron chi connectivity index (χ1n) is 19.0. The van der Waals surface area contributed by atoms with Crippen LogP contribution in [-0.4, -0.2) is 83.8 Å². The Balaban J connectivity index is 0.975. The molecule has 9 nitrogen and oxygen atoms in total. The van der Waals surface area contributed by atoms with Crippen LogP contribution in [-0.2, 0) is 21.6 Å². The number of piperidine rings is 3. The molecule has 3 aromatic carbocycles. The maximum Gasteiger partial charge on any atom is 0.211 e. The van der Waals surface area contributed by atoms with Crippen molar-refractivity contribution in [3.05, 3.63) is 89.5 Å². The van der Waals surface area contributed by atoms with Gasteiger partial charge in [0.25, 0.3) is 0 Å². The molecule has 1 aliphatic carbocycles. The summed E-state index contributed by atoms with van der Waals surface area (Å²) in [5, 5.41) is 38.7. The zero-order chi connectivity index (χ0) is 35.9. The van der Waals surface area contributed by atoms with Gasteiger partial charge in [-0.3, -0.25) is 4.79 Å². The Morgan fingerprint density at radius 2 is 1.69 bits per heavy atom. The number of aliphatic hydroxyl groups is 2. The molecule has 4 fully saturated rings. The van der Waals surface area contributed by atoms with Gasteiger partial charge in [0.2, 0.25) is 6.41 Å². The van der Waals surface area contributed by atoms with Crippen molar-refractivity contribution < 1.29 is 34.1 Å². The van der Waals surface area contributed by atoms with Gasteiger partial charge in [0.15, 0.2) is 0 Å². The van der Waals surface area contributed by atoms with Crippen LogP contribution in [0.4, 0.5) is 5.69 Å². The van der Waals surface area contributed by atoms with E-state index in [2.05, 4.69) is 48.7 Å². The number of fused-ring (bicyclic) bond motifs is 3. The Morgan fingerprint density at radius 1 is 0.961 bits per heavy atom. The fourth-order valence-corrected chi connectivity index (χ4v) is 8.77. The van der Waals surface area contributed by atoms with Crippen molar-refractivity contribution >= 4 is 12.1 Å². The van der Waals surface area contributed by atoms with Gasteiger partial charge in [-0.25, -0.2) is 0 Å². The topological polar surface area (TPSA) is 120 Å². The molecule has 0 radical (unpaired) electrons. The molecule has 51 heavy (non-hydrogen) atoms. The number of benzene rings is 3. The lowest BCUT2D eigenvalue weighted by atomic mass is 9.73. The Labute approximate surface area is 303 Å². The van der Waals surface area contributed by atoms with Crippen LogP contribution in [0.3, 0.4) is 0 Å². The zero-order valence-corrected chi connectivity index (χ0v) is 30.4. The van der Waals surface area contributed by atoms with Crippen molar-refractivity contribution in [2.75, 3.05) is 51.3 Å². The van der Waals surface area contributed by atoms with Gasteiger partial charge in [0, 0.05) is 30.8 Å². The molecule has 1 amide bonds. The summed E-state index contributed by atoms with van der Waals surface area (Å²) in [5.74, 6) is 1.63. The zero-order valence-electron chi connectivity index (χ0n) is 30.4. The molecule has 0 unspecified atom stereocenters. The third-order valence-corrected chi connectivity index (χ3v) is 11.9. The molecule has 1 saturated carbocycles. The summed E-state index contributed by atoms with van der Waals surface area (Å²) in [5.41, 5.74) is 1.81. The number of ether oxygens (including phenoxy) is 2. The number of nitrogens with one attached hydrogen (secondary N) is 2. The molecule has 5 N–H and O–H groups in total. The van der Waals surface area contributed by atoms with E-state index >= 15 is 0 Å². The average molecular weight is 701 g/mol. The lowest BCUT2D eigenvalue weighted by Gasteiger charge is -2.52. The number of aliphatic hydroxyl groups excluding tert-OH is 1. The number of hydrogen-bond acceptors (Lipinski definition) is 7. The number of phenols is 1. The van der Waals surface area contributed by atoms with Gasteiger partial charge >= 0.3 is 0 Å². The lowest BCUT2D eigenvalue weighted by molar-refractivity contribution is -0.946. The fraction of sp³-hybridized carbons (Fsp3) is 0.548. The van der Waals surface area contributed by atoms with Crippen LogP contribution in [0.15, 0.2) is 72.8 Å². The van der Waals surface area contributed by atoms with Gasteiger partial charge in [0.05, 0.1) is 31.5 Å². The second kappa shape index (κ2) is 16.5. The minimum absolute atomic E-state index is 0.0455. The average Bonchev–Trinajstić information content (AvgIpc) is 3.15. The number of phenolic OH excluding ortho intramolecular Hbond substituents is 1. The summed E-state index contributed by atoms with van der Waals surface area (Å²) in [4.78, 5) is 10.8. The molecule has 2 bridgehead atoms. The van der Waals surface area contributed by atoms with Gasteiger partial charge in [-0.15, -0.1) is 0 Å². The summed E-state index contributed by atoms with van der Waals surface area (Å²) in [6.07, 6.45) is 8.71. The van der Waals surface area contributed by atoms with Crippen LogP contribution in [0.25, 0.3) is 0 Å². The van der Waals surface area contributed by atoms with E-state index in [0.29, 0.717) is 37.6 Å². The molecule has 0 spiro atoms. The van der Waals surface area contributed by atoms with Crippen molar-refractivity contribution in [2.45, 2.75) is 88.6 Å². The van der Waals surface area contributed by atoms with Crippen molar-refractivity contribution in [3.63, 3.8) is 0 Å². The maximum atomic E-state index is 12.2. The number of β-amino-alcohol motifs (C(OH)–C–C–N with tert-alkyl or cyclic N) is 1. The van der Waals surface area contributed by atoms with Gasteiger partial charge in [-0.1, -0.05) is 67.8 Å². The van der Waals surface area contributed by atoms with E-state index in [4.69, 9.17) is 9.47 Å². The first-order valence-corrected chi connectivity index (χ1v) is 19.0. The van der Waals surface area contributed by atoms with Crippen LogP contribution in [0.1, 0.15) is 81.6 Å². The minimum Gasteiger partial charge on any atom is -0.506 e. The van der Waals surface area contributed by atoms with E-state index in [9.17, 15) is 20.1 Å². The predicted octanol–water partition coefficient (Wildman–Crippen LogP) is 6.08. The molecule has 0 aromatic heterocycles. The highest BCUT2D eigenvalue weighted by Crippen LogP contribution is 2.42. The number of aromatic hydroxyl groups is 1. The Hall–Kier alpha value is -3.47. The summed E-state index contributed by atoms with van der Waals surface area (Å²) in [6, 6.07) is 23.2. The second-order valence-corrected chi connectivity index (χ2v) is 16.0. The number of carbonyl (C=O) groups excluding carboxylic acids is 1. The normalized spacial score (nSPS) is 24.1. The van der Waals surface area contributed by atoms with Crippen LogP contribution >= 0.6 is 0 Å². The lowest BCUT2D eigenvalue weighted by Crippen LogP contribution is -2.65. The molecule has 3 aliphatic heterocycles. The minimum atomic E-state index is -0.936. The first-order chi connectivity index (χ1) is 24.6. The van der Waals surface area contributed by atoms with Crippen molar-refractivity contribution in [3.8, 4) is 11.5 Å². The Kier molecular flexibility index (Phi) is 12.0. The van der Waals surface area contributed by atoms with Gasteiger partial charge in [-0.2, -0.15) is 0 Å². The predicted molar refractivity (Wildman–Crippen MR) is 200 cm³/mol. The number of anilines is 1. The van der Waals surface area contributed by atoms with Crippen molar-refractivity contribution in [1.29, 1.82) is 0 Å². The smallest absolute Gasteiger partial charge is 0.211 e. The van der Waals surface area contributed by atoms with Crippen molar-refractivity contribution in [2.24, 2.45) is 11.8 Å². The fourth-order valence-electron chi connectivity index (χ4n) is 8.77. The largest absolute Gasteiger partial charge is 0.506 e. The van der Waals surface area contributed by atoms with Crippen molar-refractivity contribution in [1.82, 2.24) is 5.32 Å². The van der Waals surface area contributed by atoms with E-state index in [1.54, 1.807) is 12.1 Å². The number of amides is 1. The SMILES string of the molecule is CC(C)(Cc1ccc(OCC[N+]23CCC(CC2)[C@@H](OC[C@@](O)(c2ccccc2)C2CCCCC2)C3)cc1)NC[C@H](O)c1ccc(O)c(NC=O)c1. The number of quaternary nitrogens is 1. The third-order valence-electron chi connectivity index (χ3n) is 11.9. The van der Waals surface area contributed by atoms with Crippen LogP contribution < -0.4 is 15.4 Å². The maximum absolute atomic E-state index is 12.2. The van der Waals surface area contributed by atoms with Crippen LogP contribution in [0, 0.1) is 11.8 Å². The first kappa shape index (κ1) is 37.3. The monoisotopic (exact) mass is 700 g/mol. The van der Waals surface area contributed by atoms with Crippen LogP contribution in [0.5, 0.6) is 11.5 Å². The molecular weight excluding hydrogens is 642 g/mol. The highest BCUT2D eigenvalue weighted by atomic mass is 16.5. The highest BCUT2D eigenvalue weighted by molar-refractivity contribution is 5.75. The Morgan fingerprint density at radius 3 is 2.39 bits per heavy atom. The van der Waals surface area contributed by atoms with E-state index in [0.717, 1.165) is 48.1 Å². The van der Waals surface area contributed by atoms with Gasteiger partial charge < -0.3 is 39.9 Å². The summed E-state index contributed by atoms with van der Waals surface area (Å²) < 4.78 is 14.1. The second-order valence-electron chi connectivity index (χ2n) is 16.0. The number of hydrogen-bond donors (Lipinski definition) is 5.